The summed E-state index contributed by atoms with van der Waals surface area (Å²) in [6.07, 6.45) is 0. The molecule has 35 heavy (non-hydrogen) atoms. The molecule has 4 nitrogen and oxygen atoms in total. The standard InChI is InChI=1S/C31H25N3O/c1-31(2,3)30-33-28(22-13-9-12-21(18-22)20-10-5-4-6-11-20)32-29(34-30)23-16-17-27-25(19-23)24-14-7-8-15-26(24)35-27/h4-19H,1-3H3. The second-order valence-corrected chi connectivity index (χ2v) is 9.81. The van der Waals surface area contributed by atoms with Gasteiger partial charge < -0.3 is 4.42 Å². The van der Waals surface area contributed by atoms with Crippen molar-refractivity contribution in [2.75, 3.05) is 0 Å². The predicted molar refractivity (Wildman–Crippen MR) is 142 cm³/mol. The van der Waals surface area contributed by atoms with E-state index in [0.717, 1.165) is 50.0 Å². The maximum absolute atomic E-state index is 6.02. The van der Waals surface area contributed by atoms with Crippen LogP contribution in [0.2, 0.25) is 0 Å². The average molecular weight is 456 g/mol. The summed E-state index contributed by atoms with van der Waals surface area (Å²) in [7, 11) is 0. The highest BCUT2D eigenvalue weighted by atomic mass is 16.3. The summed E-state index contributed by atoms with van der Waals surface area (Å²) >= 11 is 0. The van der Waals surface area contributed by atoms with Gasteiger partial charge in [-0.25, -0.2) is 15.0 Å². The molecule has 0 aliphatic rings. The number of fused-ring (bicyclic) bond motifs is 3. The molecule has 0 saturated heterocycles. The highest BCUT2D eigenvalue weighted by Crippen LogP contribution is 2.33. The van der Waals surface area contributed by atoms with Gasteiger partial charge >= 0.3 is 0 Å². The van der Waals surface area contributed by atoms with Crippen LogP contribution in [0.4, 0.5) is 0 Å². The second-order valence-electron chi connectivity index (χ2n) is 9.81. The number of hydrogen-bond acceptors (Lipinski definition) is 4. The van der Waals surface area contributed by atoms with Crippen molar-refractivity contribution in [3.63, 3.8) is 0 Å². The van der Waals surface area contributed by atoms with E-state index < -0.39 is 0 Å². The zero-order valence-electron chi connectivity index (χ0n) is 20.0. The number of furan rings is 1. The lowest BCUT2D eigenvalue weighted by Gasteiger charge is -2.18. The molecule has 0 aliphatic heterocycles. The molecule has 6 aromatic rings. The molecule has 170 valence electrons. The molecule has 4 aromatic carbocycles. The highest BCUT2D eigenvalue weighted by Gasteiger charge is 2.21. The van der Waals surface area contributed by atoms with Crippen molar-refractivity contribution in [1.82, 2.24) is 15.0 Å². The van der Waals surface area contributed by atoms with Gasteiger partial charge in [0.1, 0.15) is 17.0 Å². The summed E-state index contributed by atoms with van der Waals surface area (Å²) in [5.41, 5.74) is 5.72. The number of rotatable bonds is 3. The molecule has 0 fully saturated rings. The summed E-state index contributed by atoms with van der Waals surface area (Å²) in [5.74, 6) is 2.10. The van der Waals surface area contributed by atoms with E-state index in [1.807, 2.05) is 36.4 Å². The molecule has 0 N–H and O–H groups in total. The van der Waals surface area contributed by atoms with Gasteiger partial charge in [0, 0.05) is 27.3 Å². The van der Waals surface area contributed by atoms with Crippen LogP contribution < -0.4 is 0 Å². The van der Waals surface area contributed by atoms with Crippen LogP contribution >= 0.6 is 0 Å². The molecule has 0 bridgehead atoms. The second kappa shape index (κ2) is 8.17. The molecular weight excluding hydrogens is 430 g/mol. The van der Waals surface area contributed by atoms with E-state index in [2.05, 4.69) is 81.4 Å². The Morgan fingerprint density at radius 3 is 1.91 bits per heavy atom. The van der Waals surface area contributed by atoms with Crippen molar-refractivity contribution in [1.29, 1.82) is 0 Å². The summed E-state index contributed by atoms with van der Waals surface area (Å²) in [4.78, 5) is 14.7. The average Bonchev–Trinajstić information content (AvgIpc) is 3.26. The van der Waals surface area contributed by atoms with Crippen LogP contribution in [0.3, 0.4) is 0 Å². The number of benzene rings is 4. The number of aromatic nitrogens is 3. The SMILES string of the molecule is CC(C)(C)c1nc(-c2cccc(-c3ccccc3)c2)nc(-c2ccc3oc4ccccc4c3c2)n1. The first-order chi connectivity index (χ1) is 17.0. The van der Waals surface area contributed by atoms with Gasteiger partial charge in [0.15, 0.2) is 11.6 Å². The Balaban J connectivity index is 1.52. The maximum Gasteiger partial charge on any atom is 0.163 e. The van der Waals surface area contributed by atoms with Crippen molar-refractivity contribution in [3.05, 3.63) is 103 Å². The van der Waals surface area contributed by atoms with Crippen molar-refractivity contribution in [2.45, 2.75) is 26.2 Å². The van der Waals surface area contributed by atoms with Crippen molar-refractivity contribution >= 4 is 21.9 Å². The lowest BCUT2D eigenvalue weighted by molar-refractivity contribution is 0.543. The minimum Gasteiger partial charge on any atom is -0.456 e. The molecule has 0 aliphatic carbocycles. The zero-order valence-corrected chi connectivity index (χ0v) is 20.0. The third-order valence-electron chi connectivity index (χ3n) is 6.17. The minimum atomic E-state index is -0.226. The monoisotopic (exact) mass is 455 g/mol. The fourth-order valence-corrected chi connectivity index (χ4v) is 4.30. The number of hydrogen-bond donors (Lipinski definition) is 0. The molecule has 0 amide bonds. The predicted octanol–water partition coefficient (Wildman–Crippen LogP) is 8.07. The summed E-state index contributed by atoms with van der Waals surface area (Å²) < 4.78 is 6.02. The minimum absolute atomic E-state index is 0.226. The molecule has 0 radical (unpaired) electrons. The van der Waals surface area contributed by atoms with E-state index >= 15 is 0 Å². The van der Waals surface area contributed by atoms with Crippen LogP contribution in [0.5, 0.6) is 0 Å². The molecule has 0 saturated carbocycles. The van der Waals surface area contributed by atoms with Crippen molar-refractivity contribution < 1.29 is 4.42 Å². The lowest BCUT2D eigenvalue weighted by atomic mass is 9.95. The molecule has 2 heterocycles. The molecule has 6 rings (SSSR count). The van der Waals surface area contributed by atoms with Gasteiger partial charge in [0.05, 0.1) is 0 Å². The van der Waals surface area contributed by atoms with Crippen LogP contribution in [0.25, 0.3) is 55.8 Å². The normalized spacial score (nSPS) is 11.9. The smallest absolute Gasteiger partial charge is 0.163 e. The quantitative estimate of drug-likeness (QED) is 0.271. The number of nitrogens with zero attached hydrogens (tertiary/aromatic N) is 3. The Labute approximate surface area is 204 Å². The van der Waals surface area contributed by atoms with Gasteiger partial charge in [-0.2, -0.15) is 0 Å². The maximum atomic E-state index is 6.02. The first kappa shape index (κ1) is 21.2. The van der Waals surface area contributed by atoms with E-state index in [0.29, 0.717) is 11.6 Å². The first-order valence-corrected chi connectivity index (χ1v) is 11.8. The van der Waals surface area contributed by atoms with E-state index in [9.17, 15) is 0 Å². The number of para-hydroxylation sites is 1. The van der Waals surface area contributed by atoms with Gasteiger partial charge in [0.25, 0.3) is 0 Å². The largest absolute Gasteiger partial charge is 0.456 e. The fourth-order valence-electron chi connectivity index (χ4n) is 4.30. The molecule has 0 unspecified atom stereocenters. The van der Waals surface area contributed by atoms with Crippen LogP contribution in [-0.2, 0) is 5.41 Å². The fraction of sp³-hybridized carbons (Fsp3) is 0.129. The van der Waals surface area contributed by atoms with Crippen LogP contribution in [0.1, 0.15) is 26.6 Å². The van der Waals surface area contributed by atoms with Gasteiger partial charge in [0.2, 0.25) is 0 Å². The Morgan fingerprint density at radius 1 is 0.514 bits per heavy atom. The van der Waals surface area contributed by atoms with Crippen LogP contribution in [0, 0.1) is 0 Å². The van der Waals surface area contributed by atoms with E-state index in [1.165, 1.54) is 0 Å². The molecule has 0 atom stereocenters. The van der Waals surface area contributed by atoms with E-state index in [4.69, 9.17) is 19.4 Å². The summed E-state index contributed by atoms with van der Waals surface area (Å²) in [5, 5.41) is 2.15. The molecule has 4 heteroatoms. The van der Waals surface area contributed by atoms with Crippen molar-refractivity contribution in [3.8, 4) is 33.9 Å². The Morgan fingerprint density at radius 2 is 1.14 bits per heavy atom. The van der Waals surface area contributed by atoms with E-state index in [1.54, 1.807) is 0 Å². The van der Waals surface area contributed by atoms with Gasteiger partial charge in [-0.05, 0) is 41.5 Å². The Hall–Kier alpha value is -4.31. The van der Waals surface area contributed by atoms with Gasteiger partial charge in [-0.3, -0.25) is 0 Å². The zero-order chi connectivity index (χ0) is 24.0. The first-order valence-electron chi connectivity index (χ1n) is 11.8. The highest BCUT2D eigenvalue weighted by molar-refractivity contribution is 6.06. The van der Waals surface area contributed by atoms with Crippen LogP contribution in [0.15, 0.2) is 101 Å². The van der Waals surface area contributed by atoms with Crippen LogP contribution in [-0.4, -0.2) is 15.0 Å². The van der Waals surface area contributed by atoms with Gasteiger partial charge in [-0.1, -0.05) is 87.5 Å². The summed E-state index contributed by atoms with van der Waals surface area (Å²) in [6, 6.07) is 33.0. The lowest BCUT2D eigenvalue weighted by Crippen LogP contribution is -2.18. The Kier molecular flexibility index (Phi) is 4.96. The topological polar surface area (TPSA) is 51.8 Å². The Bertz CT molecular complexity index is 1680. The molecule has 0 spiro atoms. The van der Waals surface area contributed by atoms with E-state index in [-0.39, 0.29) is 5.41 Å². The van der Waals surface area contributed by atoms with Gasteiger partial charge in [-0.15, -0.1) is 0 Å². The molecule has 2 aromatic heterocycles. The third-order valence-corrected chi connectivity index (χ3v) is 6.17. The summed E-state index contributed by atoms with van der Waals surface area (Å²) in [6.45, 7) is 6.38. The molecular formula is C31H25N3O. The third kappa shape index (κ3) is 3.97. The van der Waals surface area contributed by atoms with Crippen molar-refractivity contribution in [2.24, 2.45) is 0 Å².